The van der Waals surface area contributed by atoms with E-state index in [0.29, 0.717) is 25.2 Å². The van der Waals surface area contributed by atoms with Crippen LogP contribution in [-0.2, 0) is 17.1 Å². The Labute approximate surface area is 233 Å². The van der Waals surface area contributed by atoms with Crippen LogP contribution >= 0.6 is 0 Å². The van der Waals surface area contributed by atoms with E-state index in [2.05, 4.69) is 4.90 Å². The van der Waals surface area contributed by atoms with Crippen molar-refractivity contribution in [1.29, 1.82) is 0 Å². The number of amides is 2. The lowest BCUT2D eigenvalue weighted by molar-refractivity contribution is -0.143. The summed E-state index contributed by atoms with van der Waals surface area (Å²) in [4.78, 5) is 31.5. The molecule has 1 unspecified atom stereocenters. The molecule has 3 aliphatic rings. The van der Waals surface area contributed by atoms with Gasteiger partial charge < -0.3 is 19.4 Å². The maximum absolute atomic E-state index is 13.3. The van der Waals surface area contributed by atoms with Gasteiger partial charge in [0.05, 0.1) is 11.1 Å². The summed E-state index contributed by atoms with van der Waals surface area (Å²) in [6, 6.07) is 10.5. The predicted octanol–water partition coefficient (Wildman–Crippen LogP) is 6.03. The minimum Gasteiger partial charge on any atom is -0.442 e. The van der Waals surface area contributed by atoms with Crippen LogP contribution < -0.4 is 0 Å². The van der Waals surface area contributed by atoms with Gasteiger partial charge in [0.1, 0.15) is 5.60 Å². The Kier molecular flexibility index (Phi) is 7.97. The van der Waals surface area contributed by atoms with E-state index in [0.717, 1.165) is 38.0 Å². The van der Waals surface area contributed by atoms with Crippen LogP contribution in [0.4, 0.5) is 31.1 Å². The number of ether oxygens (including phenoxy) is 1. The molecule has 2 aromatic rings. The number of alkyl halides is 6. The second-order valence-electron chi connectivity index (χ2n) is 11.0. The average molecular weight is 584 g/mol. The molecule has 5 rings (SSSR count). The van der Waals surface area contributed by atoms with Gasteiger partial charge in [0.15, 0.2) is 0 Å². The van der Waals surface area contributed by atoms with E-state index < -0.39 is 46.6 Å². The number of carbonyl (C=O) groups excluding carboxylic acids is 2. The molecule has 2 aromatic carbocycles. The smallest absolute Gasteiger partial charge is 0.416 e. The van der Waals surface area contributed by atoms with Crippen molar-refractivity contribution >= 4 is 12.0 Å². The molecule has 3 aliphatic heterocycles. The molecule has 6 nitrogen and oxygen atoms in total. The topological polar surface area (TPSA) is 53.1 Å². The number of nitrogens with zero attached hydrogens (tertiary/aromatic N) is 3. The van der Waals surface area contributed by atoms with Crippen LogP contribution in [0.1, 0.15) is 58.6 Å². The van der Waals surface area contributed by atoms with Crippen molar-refractivity contribution in [1.82, 2.24) is 14.7 Å². The largest absolute Gasteiger partial charge is 0.442 e. The van der Waals surface area contributed by atoms with Crippen molar-refractivity contribution in [3.8, 4) is 0 Å². The molecule has 3 fully saturated rings. The molecule has 1 atom stereocenters. The number of benzene rings is 2. The number of hydrogen-bond donors (Lipinski definition) is 0. The van der Waals surface area contributed by atoms with Crippen molar-refractivity contribution in [2.45, 2.75) is 49.6 Å². The number of piperidine rings is 1. The van der Waals surface area contributed by atoms with E-state index in [1.165, 1.54) is 4.90 Å². The van der Waals surface area contributed by atoms with E-state index in [4.69, 9.17) is 4.74 Å². The standard InChI is InChI=1S/C29H31F6N3O3/c30-28(31,32)22-16-21(17-23(18-22)29(33,34)35)25(39)37-12-8-27(9-13-37)24(20-6-2-1-3-7-20)19-38(26(40)41-27)15-14-36-10-4-5-11-36/h1-3,6-7,16-18,24H,4-5,8-15,19H2. The fourth-order valence-corrected chi connectivity index (χ4v) is 6.12. The monoisotopic (exact) mass is 583 g/mol. The van der Waals surface area contributed by atoms with Crippen molar-refractivity contribution in [2.75, 3.05) is 45.8 Å². The van der Waals surface area contributed by atoms with Crippen molar-refractivity contribution < 1.29 is 40.7 Å². The molecule has 41 heavy (non-hydrogen) atoms. The van der Waals surface area contributed by atoms with E-state index in [1.54, 1.807) is 4.90 Å². The minimum absolute atomic E-state index is 0.00337. The summed E-state index contributed by atoms with van der Waals surface area (Å²) in [5, 5.41) is 0. The molecule has 0 N–H and O–H groups in total. The van der Waals surface area contributed by atoms with Gasteiger partial charge in [-0.25, -0.2) is 4.79 Å². The molecule has 0 radical (unpaired) electrons. The number of rotatable bonds is 5. The summed E-state index contributed by atoms with van der Waals surface area (Å²) in [5.41, 5.74) is -3.76. The van der Waals surface area contributed by atoms with Gasteiger partial charge in [-0.1, -0.05) is 30.3 Å². The summed E-state index contributed by atoms with van der Waals surface area (Å²) >= 11 is 0. The molecule has 0 saturated carbocycles. The maximum atomic E-state index is 13.3. The fraction of sp³-hybridized carbons (Fsp3) is 0.517. The van der Waals surface area contributed by atoms with E-state index in [1.807, 2.05) is 30.3 Å². The Hall–Kier alpha value is -3.28. The van der Waals surface area contributed by atoms with Gasteiger partial charge in [0.25, 0.3) is 5.91 Å². The molecular formula is C29H31F6N3O3. The van der Waals surface area contributed by atoms with Crippen LogP contribution in [0.25, 0.3) is 0 Å². The Morgan fingerprint density at radius 3 is 2.00 bits per heavy atom. The first-order valence-corrected chi connectivity index (χ1v) is 13.7. The molecule has 0 aliphatic carbocycles. The molecule has 12 heteroatoms. The highest BCUT2D eigenvalue weighted by Crippen LogP contribution is 2.44. The van der Waals surface area contributed by atoms with Crippen molar-refractivity contribution in [2.24, 2.45) is 0 Å². The second-order valence-corrected chi connectivity index (χ2v) is 11.0. The molecule has 3 heterocycles. The molecule has 1 spiro atoms. The Balaban J connectivity index is 1.35. The Morgan fingerprint density at radius 1 is 0.854 bits per heavy atom. The molecule has 3 saturated heterocycles. The summed E-state index contributed by atoms with van der Waals surface area (Å²) in [5.74, 6) is -1.15. The SMILES string of the molecule is O=C1OC2(CCN(C(=O)c3cc(C(F)(F)F)cc(C(F)(F)F)c3)CC2)C(c2ccccc2)CN1CCN1CCCC1. The van der Waals surface area contributed by atoms with E-state index in [9.17, 15) is 35.9 Å². The van der Waals surface area contributed by atoms with Gasteiger partial charge in [-0.2, -0.15) is 26.3 Å². The van der Waals surface area contributed by atoms with Gasteiger partial charge in [0, 0.05) is 57.0 Å². The third-order valence-electron chi connectivity index (χ3n) is 8.41. The van der Waals surface area contributed by atoms with Crippen LogP contribution in [0.5, 0.6) is 0 Å². The first kappa shape index (κ1) is 29.2. The van der Waals surface area contributed by atoms with Crippen LogP contribution in [0.15, 0.2) is 48.5 Å². The molecule has 0 bridgehead atoms. The van der Waals surface area contributed by atoms with Crippen LogP contribution in [-0.4, -0.2) is 78.1 Å². The van der Waals surface area contributed by atoms with Gasteiger partial charge in [0.2, 0.25) is 0 Å². The van der Waals surface area contributed by atoms with Crippen LogP contribution in [0, 0.1) is 0 Å². The zero-order valence-electron chi connectivity index (χ0n) is 22.3. The summed E-state index contributed by atoms with van der Waals surface area (Å²) in [6.45, 7) is 3.68. The lowest BCUT2D eigenvalue weighted by Gasteiger charge is -2.50. The number of likely N-dealkylation sites (tertiary alicyclic amines) is 2. The van der Waals surface area contributed by atoms with Crippen LogP contribution in [0.2, 0.25) is 0 Å². The van der Waals surface area contributed by atoms with Gasteiger partial charge in [-0.05, 0) is 49.7 Å². The Morgan fingerprint density at radius 2 is 1.44 bits per heavy atom. The normalized spacial score (nSPS) is 21.8. The molecule has 0 aromatic heterocycles. The minimum atomic E-state index is -5.05. The van der Waals surface area contributed by atoms with E-state index in [-0.39, 0.29) is 37.9 Å². The van der Waals surface area contributed by atoms with E-state index >= 15 is 0 Å². The maximum Gasteiger partial charge on any atom is 0.416 e. The number of carbonyl (C=O) groups is 2. The zero-order valence-corrected chi connectivity index (χ0v) is 22.3. The highest BCUT2D eigenvalue weighted by Gasteiger charge is 2.51. The molecule has 222 valence electrons. The highest BCUT2D eigenvalue weighted by molar-refractivity contribution is 5.94. The summed E-state index contributed by atoms with van der Waals surface area (Å²) < 4.78 is 86.2. The summed E-state index contributed by atoms with van der Waals surface area (Å²) in [7, 11) is 0. The third-order valence-corrected chi connectivity index (χ3v) is 8.41. The average Bonchev–Trinajstić information content (AvgIpc) is 3.46. The van der Waals surface area contributed by atoms with Gasteiger partial charge >= 0.3 is 18.4 Å². The molecule has 2 amide bonds. The van der Waals surface area contributed by atoms with Crippen LogP contribution in [0.3, 0.4) is 0 Å². The first-order valence-electron chi connectivity index (χ1n) is 13.7. The van der Waals surface area contributed by atoms with Gasteiger partial charge in [-0.3, -0.25) is 4.79 Å². The molecular weight excluding hydrogens is 552 g/mol. The van der Waals surface area contributed by atoms with Crippen molar-refractivity contribution in [3.63, 3.8) is 0 Å². The number of halogens is 6. The summed E-state index contributed by atoms with van der Waals surface area (Å²) in [6.07, 6.45) is -7.89. The first-order chi connectivity index (χ1) is 19.4. The quantitative estimate of drug-likeness (QED) is 0.404. The second kappa shape index (κ2) is 11.2. The highest BCUT2D eigenvalue weighted by atomic mass is 19.4. The lowest BCUT2D eigenvalue weighted by Crippen LogP contribution is -2.60. The lowest BCUT2D eigenvalue weighted by atomic mass is 9.74. The fourth-order valence-electron chi connectivity index (χ4n) is 6.12. The third kappa shape index (κ3) is 6.32. The zero-order chi connectivity index (χ0) is 29.4. The van der Waals surface area contributed by atoms with Crippen molar-refractivity contribution in [3.05, 3.63) is 70.8 Å². The number of hydrogen-bond acceptors (Lipinski definition) is 4. The Bertz CT molecular complexity index is 1220. The van der Waals surface area contributed by atoms with Gasteiger partial charge in [-0.15, -0.1) is 0 Å². The predicted molar refractivity (Wildman–Crippen MR) is 137 cm³/mol.